The fraction of sp³-hybridized carbons (Fsp3) is 0.786. The molecule has 0 saturated heterocycles. The second-order valence-corrected chi connectivity index (χ2v) is 5.87. The number of aliphatic hydroxyl groups is 1. The van der Waals surface area contributed by atoms with Crippen LogP contribution < -0.4 is 0 Å². The summed E-state index contributed by atoms with van der Waals surface area (Å²) >= 11 is 0. The van der Waals surface area contributed by atoms with E-state index in [9.17, 15) is 5.11 Å². The maximum atomic E-state index is 10.0. The highest BCUT2D eigenvalue weighted by molar-refractivity contribution is 5.04. The number of rotatable bonds is 4. The second-order valence-electron chi connectivity index (χ2n) is 5.87. The maximum absolute atomic E-state index is 10.0. The molecule has 0 aromatic carbocycles. The first-order valence-electron chi connectivity index (χ1n) is 6.96. The summed E-state index contributed by atoms with van der Waals surface area (Å²) in [6.45, 7) is 2.21. The van der Waals surface area contributed by atoms with Crippen molar-refractivity contribution >= 4 is 0 Å². The molecule has 94 valence electrons. The van der Waals surface area contributed by atoms with Crippen LogP contribution in [0.15, 0.2) is 12.3 Å². The van der Waals surface area contributed by atoms with E-state index in [2.05, 4.69) is 29.0 Å². The van der Waals surface area contributed by atoms with Gasteiger partial charge >= 0.3 is 0 Å². The molecule has 3 atom stereocenters. The van der Waals surface area contributed by atoms with Crippen molar-refractivity contribution in [2.45, 2.75) is 57.6 Å². The third-order valence-electron chi connectivity index (χ3n) is 4.45. The van der Waals surface area contributed by atoms with Crippen LogP contribution in [0.4, 0.5) is 0 Å². The summed E-state index contributed by atoms with van der Waals surface area (Å²) in [7, 11) is 0. The van der Waals surface area contributed by atoms with Crippen molar-refractivity contribution in [1.29, 1.82) is 0 Å². The second kappa shape index (κ2) is 4.45. The van der Waals surface area contributed by atoms with E-state index in [1.54, 1.807) is 0 Å². The van der Waals surface area contributed by atoms with Gasteiger partial charge in [-0.1, -0.05) is 19.8 Å². The van der Waals surface area contributed by atoms with Crippen molar-refractivity contribution < 1.29 is 5.11 Å². The Kier molecular flexibility index (Phi) is 2.95. The number of aromatic nitrogens is 2. The minimum atomic E-state index is -0.183. The Labute approximate surface area is 103 Å². The summed E-state index contributed by atoms with van der Waals surface area (Å²) in [5, 5.41) is 14.7. The van der Waals surface area contributed by atoms with Crippen LogP contribution in [-0.4, -0.2) is 21.0 Å². The molecule has 0 bridgehead atoms. The average Bonchev–Trinajstić information content (AvgIpc) is 2.76. The third-order valence-corrected chi connectivity index (χ3v) is 4.45. The molecule has 0 radical (unpaired) electrons. The van der Waals surface area contributed by atoms with E-state index in [4.69, 9.17) is 0 Å². The van der Waals surface area contributed by atoms with Crippen LogP contribution in [0.25, 0.3) is 0 Å². The first-order valence-corrected chi connectivity index (χ1v) is 6.96. The summed E-state index contributed by atoms with van der Waals surface area (Å²) in [4.78, 5) is 0. The summed E-state index contributed by atoms with van der Waals surface area (Å²) in [6.07, 6.45) is 9.03. The summed E-state index contributed by atoms with van der Waals surface area (Å²) in [5.74, 6) is 1.23. The van der Waals surface area contributed by atoms with Crippen LogP contribution in [-0.2, 0) is 6.42 Å². The van der Waals surface area contributed by atoms with Crippen LogP contribution in [0.2, 0.25) is 0 Å². The molecule has 2 saturated carbocycles. The van der Waals surface area contributed by atoms with Crippen LogP contribution in [0, 0.1) is 11.8 Å². The number of nitrogens with zero attached hydrogens (tertiary/aromatic N) is 2. The van der Waals surface area contributed by atoms with Crippen LogP contribution in [0.5, 0.6) is 0 Å². The molecule has 0 spiro atoms. The molecule has 2 fully saturated rings. The number of hydrogen-bond acceptors (Lipinski definition) is 2. The topological polar surface area (TPSA) is 38.0 Å². The lowest BCUT2D eigenvalue weighted by atomic mass is 10.1. The van der Waals surface area contributed by atoms with Gasteiger partial charge in [-0.25, -0.2) is 0 Å². The van der Waals surface area contributed by atoms with E-state index in [-0.39, 0.29) is 6.10 Å². The largest absolute Gasteiger partial charge is 0.392 e. The average molecular weight is 234 g/mol. The zero-order valence-corrected chi connectivity index (χ0v) is 10.5. The molecule has 17 heavy (non-hydrogen) atoms. The van der Waals surface area contributed by atoms with Crippen molar-refractivity contribution in [3.05, 3.63) is 18.0 Å². The minimum Gasteiger partial charge on any atom is -0.392 e. The molecule has 1 N–H and O–H groups in total. The van der Waals surface area contributed by atoms with E-state index in [0.717, 1.165) is 12.1 Å². The fourth-order valence-electron chi connectivity index (χ4n) is 3.11. The lowest BCUT2D eigenvalue weighted by molar-refractivity contribution is 0.145. The van der Waals surface area contributed by atoms with Crippen molar-refractivity contribution in [3.63, 3.8) is 0 Å². The van der Waals surface area contributed by atoms with Gasteiger partial charge in [0.1, 0.15) is 0 Å². The van der Waals surface area contributed by atoms with Gasteiger partial charge in [-0.2, -0.15) is 5.10 Å². The summed E-state index contributed by atoms with van der Waals surface area (Å²) in [6, 6.07) is 2.69. The Hall–Kier alpha value is -0.830. The molecule has 0 amide bonds. The van der Waals surface area contributed by atoms with E-state index >= 15 is 0 Å². The Morgan fingerprint density at radius 1 is 1.47 bits per heavy atom. The molecule has 2 aliphatic rings. The lowest BCUT2D eigenvalue weighted by Crippen LogP contribution is -2.15. The quantitative estimate of drug-likeness (QED) is 0.869. The van der Waals surface area contributed by atoms with Crippen LogP contribution in [0.3, 0.4) is 0 Å². The first kappa shape index (κ1) is 11.3. The molecule has 0 aliphatic heterocycles. The molecule has 3 rings (SSSR count). The Morgan fingerprint density at radius 3 is 2.82 bits per heavy atom. The fourth-order valence-corrected chi connectivity index (χ4v) is 3.11. The lowest BCUT2D eigenvalue weighted by Gasteiger charge is -2.10. The highest BCUT2D eigenvalue weighted by Gasteiger charge is 2.38. The highest BCUT2D eigenvalue weighted by Crippen LogP contribution is 2.41. The predicted molar refractivity (Wildman–Crippen MR) is 66.7 cm³/mol. The standard InChI is InChI=1S/C14H22N2O/c1-10-8-13(10)14(17)9-11-6-7-16(15-11)12-4-2-3-5-12/h6-7,10,12-14,17H,2-5,8-9H2,1H3. The van der Waals surface area contributed by atoms with Gasteiger partial charge in [0.25, 0.3) is 0 Å². The first-order chi connectivity index (χ1) is 8.24. The Bertz CT molecular complexity index is 381. The van der Waals surface area contributed by atoms with Gasteiger partial charge in [0.2, 0.25) is 0 Å². The van der Waals surface area contributed by atoms with Gasteiger partial charge in [-0.3, -0.25) is 4.68 Å². The van der Waals surface area contributed by atoms with E-state index in [1.165, 1.54) is 32.1 Å². The van der Waals surface area contributed by atoms with Gasteiger partial charge in [-0.05, 0) is 37.2 Å². The van der Waals surface area contributed by atoms with Crippen molar-refractivity contribution in [2.24, 2.45) is 11.8 Å². The molecule has 3 heteroatoms. The van der Waals surface area contributed by atoms with Gasteiger partial charge in [0.15, 0.2) is 0 Å². The van der Waals surface area contributed by atoms with Crippen molar-refractivity contribution in [3.8, 4) is 0 Å². The molecule has 1 aromatic heterocycles. The molecule has 1 heterocycles. The van der Waals surface area contributed by atoms with Gasteiger partial charge in [-0.15, -0.1) is 0 Å². The summed E-state index contributed by atoms with van der Waals surface area (Å²) < 4.78 is 2.12. The Balaban J connectivity index is 1.60. The number of aliphatic hydroxyl groups excluding tert-OH is 1. The maximum Gasteiger partial charge on any atom is 0.0650 e. The molecule has 3 unspecified atom stereocenters. The third kappa shape index (κ3) is 2.39. The van der Waals surface area contributed by atoms with Crippen LogP contribution in [0.1, 0.15) is 50.8 Å². The Morgan fingerprint density at radius 2 is 2.18 bits per heavy atom. The smallest absolute Gasteiger partial charge is 0.0650 e. The zero-order chi connectivity index (χ0) is 11.8. The van der Waals surface area contributed by atoms with E-state index < -0.39 is 0 Å². The molecule has 1 aromatic rings. The van der Waals surface area contributed by atoms with Crippen LogP contribution >= 0.6 is 0 Å². The summed E-state index contributed by atoms with van der Waals surface area (Å²) in [5.41, 5.74) is 1.06. The van der Waals surface area contributed by atoms with Crippen molar-refractivity contribution in [1.82, 2.24) is 9.78 Å². The monoisotopic (exact) mass is 234 g/mol. The number of hydrogen-bond donors (Lipinski definition) is 1. The molecule has 3 nitrogen and oxygen atoms in total. The molecule has 2 aliphatic carbocycles. The highest BCUT2D eigenvalue weighted by atomic mass is 16.3. The molecular formula is C14H22N2O. The predicted octanol–water partition coefficient (Wildman–Crippen LogP) is 2.56. The van der Waals surface area contributed by atoms with E-state index in [0.29, 0.717) is 17.9 Å². The SMILES string of the molecule is CC1CC1C(O)Cc1ccn(C2CCCC2)n1. The minimum absolute atomic E-state index is 0.183. The van der Waals surface area contributed by atoms with Gasteiger partial charge < -0.3 is 5.11 Å². The zero-order valence-electron chi connectivity index (χ0n) is 10.5. The van der Waals surface area contributed by atoms with Gasteiger partial charge in [0.05, 0.1) is 17.8 Å². The molecular weight excluding hydrogens is 212 g/mol. The van der Waals surface area contributed by atoms with Gasteiger partial charge in [0, 0.05) is 12.6 Å². The van der Waals surface area contributed by atoms with Crippen molar-refractivity contribution in [2.75, 3.05) is 0 Å². The van der Waals surface area contributed by atoms with E-state index in [1.807, 2.05) is 0 Å². The normalized spacial score (nSPS) is 30.7.